The fraction of sp³-hybridized carbons (Fsp3) is 0.917. The summed E-state index contributed by atoms with van der Waals surface area (Å²) in [7, 11) is 0. The summed E-state index contributed by atoms with van der Waals surface area (Å²) in [5.41, 5.74) is -0.218. The maximum absolute atomic E-state index is 11.4. The second-order valence-corrected chi connectivity index (χ2v) is 6.15. The Balaban J connectivity index is 3.92. The number of alkyl carbamates (subject to hydrolysis) is 1. The Hall–Kier alpha value is -0.730. The van der Waals surface area contributed by atoms with Crippen LogP contribution < -0.4 is 5.32 Å². The molecule has 1 atom stereocenters. The van der Waals surface area contributed by atoms with Crippen molar-refractivity contribution in [3.63, 3.8) is 0 Å². The molecule has 3 heteroatoms. The van der Waals surface area contributed by atoms with E-state index in [1.807, 2.05) is 20.8 Å². The van der Waals surface area contributed by atoms with Crippen molar-refractivity contribution in [3.05, 3.63) is 0 Å². The minimum absolute atomic E-state index is 0.203. The van der Waals surface area contributed by atoms with E-state index in [0.29, 0.717) is 12.5 Å². The lowest BCUT2D eigenvalue weighted by molar-refractivity contribution is 0.0509. The Morgan fingerprint density at radius 2 is 1.67 bits per heavy atom. The summed E-state index contributed by atoms with van der Waals surface area (Å²) in [6.07, 6.45) is -0.335. The highest BCUT2D eigenvalue weighted by atomic mass is 16.6. The summed E-state index contributed by atoms with van der Waals surface area (Å²) in [6, 6.07) is 0. The molecule has 90 valence electrons. The van der Waals surface area contributed by atoms with Crippen molar-refractivity contribution in [1.82, 2.24) is 5.32 Å². The largest absolute Gasteiger partial charge is 0.444 e. The van der Waals surface area contributed by atoms with Crippen LogP contribution in [0.2, 0.25) is 0 Å². The summed E-state index contributed by atoms with van der Waals surface area (Å²) in [4.78, 5) is 11.4. The standard InChI is InChI=1S/C12H25NO2/c1-9(11(2,3)4)8-13-10(14)15-12(5,6)7/h9H,8H2,1-7H3,(H,13,14). The highest BCUT2D eigenvalue weighted by Crippen LogP contribution is 2.24. The molecule has 1 unspecified atom stereocenters. The lowest BCUT2D eigenvalue weighted by Crippen LogP contribution is -2.37. The SMILES string of the molecule is CC(CNC(=O)OC(C)(C)C)C(C)(C)C. The van der Waals surface area contributed by atoms with Gasteiger partial charge in [-0.3, -0.25) is 0 Å². The molecular formula is C12H25NO2. The van der Waals surface area contributed by atoms with Gasteiger partial charge in [0.2, 0.25) is 0 Å². The second kappa shape index (κ2) is 4.86. The minimum Gasteiger partial charge on any atom is -0.444 e. The highest BCUT2D eigenvalue weighted by Gasteiger charge is 2.22. The maximum atomic E-state index is 11.4. The summed E-state index contributed by atoms with van der Waals surface area (Å²) < 4.78 is 5.15. The molecule has 0 aliphatic heterocycles. The van der Waals surface area contributed by atoms with Crippen molar-refractivity contribution in [1.29, 1.82) is 0 Å². The van der Waals surface area contributed by atoms with Gasteiger partial charge in [-0.25, -0.2) is 4.79 Å². The molecule has 0 aromatic carbocycles. The van der Waals surface area contributed by atoms with Gasteiger partial charge >= 0.3 is 6.09 Å². The first-order chi connectivity index (χ1) is 6.52. The van der Waals surface area contributed by atoms with Crippen molar-refractivity contribution >= 4 is 6.09 Å². The van der Waals surface area contributed by atoms with E-state index in [1.54, 1.807) is 0 Å². The van der Waals surface area contributed by atoms with Crippen LogP contribution in [0.4, 0.5) is 4.79 Å². The molecule has 1 N–H and O–H groups in total. The molecule has 0 heterocycles. The third kappa shape index (κ3) is 7.23. The molecule has 0 saturated carbocycles. The summed E-state index contributed by atoms with van der Waals surface area (Å²) >= 11 is 0. The monoisotopic (exact) mass is 215 g/mol. The first-order valence-electron chi connectivity index (χ1n) is 5.49. The fourth-order valence-electron chi connectivity index (χ4n) is 0.857. The van der Waals surface area contributed by atoms with Gasteiger partial charge in [0.25, 0.3) is 0 Å². The van der Waals surface area contributed by atoms with E-state index < -0.39 is 5.60 Å². The molecule has 0 radical (unpaired) electrons. The van der Waals surface area contributed by atoms with Crippen molar-refractivity contribution in [2.75, 3.05) is 6.54 Å². The molecule has 0 spiro atoms. The normalized spacial score (nSPS) is 14.6. The lowest BCUT2D eigenvalue weighted by atomic mass is 9.82. The Morgan fingerprint density at radius 1 is 1.20 bits per heavy atom. The van der Waals surface area contributed by atoms with Gasteiger partial charge in [0.05, 0.1) is 0 Å². The molecule has 0 aromatic rings. The van der Waals surface area contributed by atoms with Crippen LogP contribution in [0.3, 0.4) is 0 Å². The minimum atomic E-state index is -0.422. The van der Waals surface area contributed by atoms with Gasteiger partial charge in [-0.1, -0.05) is 27.7 Å². The number of carbonyl (C=O) groups excluding carboxylic acids is 1. The summed E-state index contributed by atoms with van der Waals surface area (Å²) in [5.74, 6) is 0.421. The smallest absolute Gasteiger partial charge is 0.407 e. The van der Waals surface area contributed by atoms with Gasteiger partial charge in [-0.15, -0.1) is 0 Å². The summed E-state index contributed by atoms with van der Waals surface area (Å²) in [6.45, 7) is 14.8. The van der Waals surface area contributed by atoms with Gasteiger partial charge in [0.1, 0.15) is 5.60 Å². The third-order valence-electron chi connectivity index (χ3n) is 2.43. The van der Waals surface area contributed by atoms with E-state index in [-0.39, 0.29) is 11.5 Å². The van der Waals surface area contributed by atoms with Crippen LogP contribution in [0, 0.1) is 11.3 Å². The number of carbonyl (C=O) groups is 1. The first kappa shape index (κ1) is 14.3. The Labute approximate surface area is 93.6 Å². The number of rotatable bonds is 2. The molecule has 0 aliphatic rings. The number of hydrogen-bond acceptors (Lipinski definition) is 2. The van der Waals surface area contributed by atoms with E-state index in [0.717, 1.165) is 0 Å². The van der Waals surface area contributed by atoms with E-state index in [1.165, 1.54) is 0 Å². The van der Waals surface area contributed by atoms with Crippen LogP contribution in [0.25, 0.3) is 0 Å². The Morgan fingerprint density at radius 3 is 2.00 bits per heavy atom. The van der Waals surface area contributed by atoms with Crippen LogP contribution in [-0.2, 0) is 4.74 Å². The maximum Gasteiger partial charge on any atom is 0.407 e. The van der Waals surface area contributed by atoms with E-state index >= 15 is 0 Å². The zero-order chi connectivity index (χ0) is 12.3. The van der Waals surface area contributed by atoms with E-state index in [4.69, 9.17) is 4.74 Å². The average Bonchev–Trinajstić information content (AvgIpc) is 1.94. The van der Waals surface area contributed by atoms with Crippen molar-refractivity contribution in [3.8, 4) is 0 Å². The van der Waals surface area contributed by atoms with Crippen LogP contribution in [-0.4, -0.2) is 18.2 Å². The lowest BCUT2D eigenvalue weighted by Gasteiger charge is -2.28. The van der Waals surface area contributed by atoms with Gasteiger partial charge in [-0.05, 0) is 32.1 Å². The van der Waals surface area contributed by atoms with Gasteiger partial charge < -0.3 is 10.1 Å². The van der Waals surface area contributed by atoms with Crippen LogP contribution in [0.15, 0.2) is 0 Å². The third-order valence-corrected chi connectivity index (χ3v) is 2.43. The number of nitrogens with one attached hydrogen (secondary N) is 1. The topological polar surface area (TPSA) is 38.3 Å². The molecule has 1 amide bonds. The number of ether oxygens (including phenoxy) is 1. The molecular weight excluding hydrogens is 190 g/mol. The number of hydrogen-bond donors (Lipinski definition) is 1. The van der Waals surface area contributed by atoms with E-state index in [2.05, 4.69) is 33.0 Å². The predicted molar refractivity (Wildman–Crippen MR) is 62.9 cm³/mol. The van der Waals surface area contributed by atoms with Crippen LogP contribution >= 0.6 is 0 Å². The average molecular weight is 215 g/mol. The van der Waals surface area contributed by atoms with E-state index in [9.17, 15) is 4.79 Å². The highest BCUT2D eigenvalue weighted by molar-refractivity contribution is 5.67. The fourth-order valence-corrected chi connectivity index (χ4v) is 0.857. The molecule has 0 saturated heterocycles. The molecule has 0 aromatic heterocycles. The van der Waals surface area contributed by atoms with Gasteiger partial charge in [0.15, 0.2) is 0 Å². The second-order valence-electron chi connectivity index (χ2n) is 6.15. The van der Waals surface area contributed by atoms with Crippen LogP contribution in [0.5, 0.6) is 0 Å². The number of amides is 1. The van der Waals surface area contributed by atoms with Gasteiger partial charge in [-0.2, -0.15) is 0 Å². The Bertz CT molecular complexity index is 211. The van der Waals surface area contributed by atoms with Crippen molar-refractivity contribution in [2.24, 2.45) is 11.3 Å². The van der Waals surface area contributed by atoms with Gasteiger partial charge in [0, 0.05) is 6.54 Å². The predicted octanol–water partition coefficient (Wildman–Crippen LogP) is 3.19. The summed E-state index contributed by atoms with van der Waals surface area (Å²) in [5, 5.41) is 2.78. The molecule has 0 bridgehead atoms. The molecule has 3 nitrogen and oxygen atoms in total. The van der Waals surface area contributed by atoms with Crippen LogP contribution in [0.1, 0.15) is 48.5 Å². The molecule has 15 heavy (non-hydrogen) atoms. The quantitative estimate of drug-likeness (QED) is 0.768. The Kier molecular flexibility index (Phi) is 4.63. The molecule has 0 rings (SSSR count). The molecule has 0 fully saturated rings. The molecule has 0 aliphatic carbocycles. The van der Waals surface area contributed by atoms with Crippen molar-refractivity contribution in [2.45, 2.75) is 54.1 Å². The zero-order valence-electron chi connectivity index (χ0n) is 11.1. The first-order valence-corrected chi connectivity index (χ1v) is 5.49. The zero-order valence-corrected chi connectivity index (χ0v) is 11.1. The van der Waals surface area contributed by atoms with Crippen molar-refractivity contribution < 1.29 is 9.53 Å².